The van der Waals surface area contributed by atoms with Gasteiger partial charge in [-0.1, -0.05) is 67.6 Å². The van der Waals surface area contributed by atoms with E-state index in [9.17, 15) is 0 Å². The van der Waals surface area contributed by atoms with Gasteiger partial charge in [-0.25, -0.2) is 0 Å². The molecule has 0 radical (unpaired) electrons. The van der Waals surface area contributed by atoms with Crippen LogP contribution >= 0.6 is 24.0 Å². The van der Waals surface area contributed by atoms with Gasteiger partial charge in [-0.05, 0) is 24.1 Å². The van der Waals surface area contributed by atoms with Crippen molar-refractivity contribution >= 4 is 29.9 Å². The number of halogens is 1. The van der Waals surface area contributed by atoms with Crippen molar-refractivity contribution in [1.29, 1.82) is 0 Å². The third-order valence-electron chi connectivity index (χ3n) is 5.88. The molecule has 0 amide bonds. The van der Waals surface area contributed by atoms with Crippen LogP contribution in [0.5, 0.6) is 0 Å². The molecule has 2 aromatic carbocycles. The molecule has 170 valence electrons. The summed E-state index contributed by atoms with van der Waals surface area (Å²) in [5.74, 6) is 1.73. The molecule has 1 heterocycles. The van der Waals surface area contributed by atoms with Crippen molar-refractivity contribution in [3.8, 4) is 0 Å². The van der Waals surface area contributed by atoms with Gasteiger partial charge in [-0.3, -0.25) is 4.99 Å². The van der Waals surface area contributed by atoms with Gasteiger partial charge in [0.05, 0.1) is 0 Å². The number of rotatable bonds is 8. The molecule has 31 heavy (non-hydrogen) atoms. The lowest BCUT2D eigenvalue weighted by Gasteiger charge is -2.34. The minimum absolute atomic E-state index is 0. The zero-order chi connectivity index (χ0) is 21.2. The maximum absolute atomic E-state index is 4.45. The lowest BCUT2D eigenvalue weighted by Crippen LogP contribution is -2.47. The summed E-state index contributed by atoms with van der Waals surface area (Å²) in [6, 6.07) is 21.4. The average molecular weight is 536 g/mol. The standard InChI is InChI=1S/C25H37N5.HI/c1-21(20-30-16-14-29(3)15-17-30)18-27-25(26-2)28-19-24(22-10-6-4-7-11-22)23-12-8-5-9-13-23;/h4-13,21,24H,14-20H2,1-3H3,(H2,26,27,28);1H. The third kappa shape index (κ3) is 8.43. The number of piperazine rings is 1. The molecule has 0 bridgehead atoms. The summed E-state index contributed by atoms with van der Waals surface area (Å²) < 4.78 is 0. The normalized spacial score (nSPS) is 16.6. The molecular formula is C25H38IN5. The van der Waals surface area contributed by atoms with Crippen LogP contribution in [-0.4, -0.2) is 75.7 Å². The second kappa shape index (κ2) is 13.7. The fourth-order valence-electron chi connectivity index (χ4n) is 4.02. The smallest absolute Gasteiger partial charge is 0.191 e. The molecule has 3 rings (SSSR count). The van der Waals surface area contributed by atoms with Gasteiger partial charge in [0.25, 0.3) is 0 Å². The van der Waals surface area contributed by atoms with Crippen LogP contribution < -0.4 is 10.6 Å². The Labute approximate surface area is 205 Å². The molecule has 0 saturated carbocycles. The van der Waals surface area contributed by atoms with Crippen LogP contribution in [-0.2, 0) is 0 Å². The van der Waals surface area contributed by atoms with Crippen molar-refractivity contribution in [2.75, 3.05) is 59.9 Å². The lowest BCUT2D eigenvalue weighted by atomic mass is 9.91. The number of benzene rings is 2. The van der Waals surface area contributed by atoms with Crippen LogP contribution in [0.3, 0.4) is 0 Å². The largest absolute Gasteiger partial charge is 0.356 e. The predicted molar refractivity (Wildman–Crippen MR) is 143 cm³/mol. The predicted octanol–water partition coefficient (Wildman–Crippen LogP) is 3.49. The van der Waals surface area contributed by atoms with E-state index < -0.39 is 0 Å². The molecule has 1 unspecified atom stereocenters. The second-order valence-corrected chi connectivity index (χ2v) is 8.42. The van der Waals surface area contributed by atoms with Crippen molar-refractivity contribution in [3.05, 3.63) is 71.8 Å². The van der Waals surface area contributed by atoms with Gasteiger partial charge in [0.15, 0.2) is 5.96 Å². The first-order valence-corrected chi connectivity index (χ1v) is 11.1. The molecule has 1 saturated heterocycles. The quantitative estimate of drug-likeness (QED) is 0.309. The average Bonchev–Trinajstić information content (AvgIpc) is 2.79. The minimum atomic E-state index is 0. The van der Waals surface area contributed by atoms with Gasteiger partial charge in [0.1, 0.15) is 0 Å². The van der Waals surface area contributed by atoms with Crippen molar-refractivity contribution in [2.45, 2.75) is 12.8 Å². The number of hydrogen-bond acceptors (Lipinski definition) is 3. The Hall–Kier alpha value is -1.64. The number of nitrogens with one attached hydrogen (secondary N) is 2. The van der Waals surface area contributed by atoms with Gasteiger partial charge < -0.3 is 20.4 Å². The molecule has 1 atom stereocenters. The van der Waals surface area contributed by atoms with Gasteiger partial charge >= 0.3 is 0 Å². The van der Waals surface area contributed by atoms with E-state index in [-0.39, 0.29) is 29.9 Å². The van der Waals surface area contributed by atoms with Crippen LogP contribution in [0.15, 0.2) is 65.7 Å². The number of likely N-dealkylation sites (N-methyl/N-ethyl adjacent to an activating group) is 1. The second-order valence-electron chi connectivity index (χ2n) is 8.42. The molecule has 2 N–H and O–H groups in total. The highest BCUT2D eigenvalue weighted by atomic mass is 127. The van der Waals surface area contributed by atoms with E-state index in [0.717, 1.165) is 25.6 Å². The molecule has 0 spiro atoms. The fourth-order valence-corrected chi connectivity index (χ4v) is 4.02. The zero-order valence-electron chi connectivity index (χ0n) is 19.1. The van der Waals surface area contributed by atoms with Crippen LogP contribution in [0.1, 0.15) is 24.0 Å². The van der Waals surface area contributed by atoms with Gasteiger partial charge in [-0.2, -0.15) is 0 Å². The van der Waals surface area contributed by atoms with Gasteiger partial charge in [-0.15, -0.1) is 24.0 Å². The summed E-state index contributed by atoms with van der Waals surface area (Å²) in [4.78, 5) is 9.43. The number of guanidine groups is 1. The van der Waals surface area contributed by atoms with E-state index in [4.69, 9.17) is 0 Å². The van der Waals surface area contributed by atoms with E-state index in [1.165, 1.54) is 37.3 Å². The highest BCUT2D eigenvalue weighted by molar-refractivity contribution is 14.0. The molecule has 0 aromatic heterocycles. The third-order valence-corrected chi connectivity index (χ3v) is 5.88. The monoisotopic (exact) mass is 535 g/mol. The van der Waals surface area contributed by atoms with Crippen LogP contribution in [0.4, 0.5) is 0 Å². The van der Waals surface area contributed by atoms with Crippen molar-refractivity contribution in [3.63, 3.8) is 0 Å². The SMILES string of the molecule is CN=C(NCC(C)CN1CCN(C)CC1)NCC(c1ccccc1)c1ccccc1.I. The summed E-state index contributed by atoms with van der Waals surface area (Å²) in [5, 5.41) is 7.08. The van der Waals surface area contributed by atoms with Crippen molar-refractivity contribution < 1.29 is 0 Å². The maximum Gasteiger partial charge on any atom is 0.191 e. The molecule has 1 aliphatic rings. The zero-order valence-corrected chi connectivity index (χ0v) is 21.5. The van der Waals surface area contributed by atoms with Crippen LogP contribution in [0, 0.1) is 5.92 Å². The first kappa shape index (κ1) is 25.6. The van der Waals surface area contributed by atoms with Gasteiger partial charge in [0, 0.05) is 58.8 Å². The summed E-state index contributed by atoms with van der Waals surface area (Å²) in [5.41, 5.74) is 2.63. The topological polar surface area (TPSA) is 42.9 Å². The first-order chi connectivity index (χ1) is 14.7. The van der Waals surface area contributed by atoms with E-state index in [0.29, 0.717) is 5.92 Å². The summed E-state index contributed by atoms with van der Waals surface area (Å²) in [6.45, 7) is 9.86. The molecule has 1 aliphatic heterocycles. The van der Waals surface area contributed by atoms with Gasteiger partial charge in [0.2, 0.25) is 0 Å². The van der Waals surface area contributed by atoms with Crippen LogP contribution in [0.25, 0.3) is 0 Å². The number of nitrogens with zero attached hydrogens (tertiary/aromatic N) is 3. The number of aliphatic imine (C=N–C) groups is 1. The van der Waals surface area contributed by atoms with E-state index in [1.54, 1.807) is 0 Å². The Morgan fingerprint density at radius 2 is 1.39 bits per heavy atom. The molecule has 2 aromatic rings. The van der Waals surface area contributed by atoms with Crippen molar-refractivity contribution in [1.82, 2.24) is 20.4 Å². The summed E-state index contributed by atoms with van der Waals surface area (Å²) in [7, 11) is 4.05. The molecule has 0 aliphatic carbocycles. The van der Waals surface area contributed by atoms with Crippen LogP contribution in [0.2, 0.25) is 0 Å². The summed E-state index contributed by atoms with van der Waals surface area (Å²) >= 11 is 0. The summed E-state index contributed by atoms with van der Waals surface area (Å²) in [6.07, 6.45) is 0. The Balaban J connectivity index is 0.00000341. The first-order valence-electron chi connectivity index (χ1n) is 11.1. The highest BCUT2D eigenvalue weighted by Gasteiger charge is 2.17. The van der Waals surface area contributed by atoms with E-state index in [2.05, 4.69) is 100 Å². The molecule has 6 heteroatoms. The Morgan fingerprint density at radius 1 is 0.871 bits per heavy atom. The Kier molecular flexibility index (Phi) is 11.3. The Morgan fingerprint density at radius 3 is 1.90 bits per heavy atom. The van der Waals surface area contributed by atoms with Crippen molar-refractivity contribution in [2.24, 2.45) is 10.9 Å². The van der Waals surface area contributed by atoms with E-state index in [1.807, 2.05) is 7.05 Å². The fraction of sp³-hybridized carbons (Fsp3) is 0.480. The maximum atomic E-state index is 4.45. The molecular weight excluding hydrogens is 497 g/mol. The highest BCUT2D eigenvalue weighted by Crippen LogP contribution is 2.23. The minimum Gasteiger partial charge on any atom is -0.356 e. The molecule has 5 nitrogen and oxygen atoms in total. The van der Waals surface area contributed by atoms with E-state index >= 15 is 0 Å². The lowest BCUT2D eigenvalue weighted by molar-refractivity contribution is 0.139. The number of hydrogen-bond donors (Lipinski definition) is 2. The molecule has 1 fully saturated rings. The Bertz CT molecular complexity index is 720.